The lowest BCUT2D eigenvalue weighted by atomic mass is 9.92. The maximum absolute atomic E-state index is 13.3. The lowest BCUT2D eigenvalue weighted by Crippen LogP contribution is -2.57. The van der Waals surface area contributed by atoms with Gasteiger partial charge in [-0.05, 0) is 62.1 Å². The Hall–Kier alpha value is -2.96. The van der Waals surface area contributed by atoms with Crippen molar-refractivity contribution >= 4 is 12.2 Å². The molecule has 1 amide bonds. The van der Waals surface area contributed by atoms with Crippen LogP contribution >= 0.6 is 0 Å². The number of aromatic hydroxyl groups is 1. The van der Waals surface area contributed by atoms with Gasteiger partial charge in [-0.2, -0.15) is 0 Å². The zero-order valence-electron chi connectivity index (χ0n) is 20.1. The van der Waals surface area contributed by atoms with Gasteiger partial charge in [-0.15, -0.1) is 6.58 Å². The van der Waals surface area contributed by atoms with Gasteiger partial charge in [0, 0.05) is 43.8 Å². The summed E-state index contributed by atoms with van der Waals surface area (Å²) in [4.78, 5) is 31.3. The van der Waals surface area contributed by atoms with Crippen LogP contribution in [0.3, 0.4) is 0 Å². The van der Waals surface area contributed by atoms with Crippen molar-refractivity contribution < 1.29 is 14.7 Å². The molecule has 6 nitrogen and oxygen atoms in total. The minimum Gasteiger partial charge on any atom is -0.508 e. The number of benzene rings is 2. The lowest BCUT2D eigenvalue weighted by Gasteiger charge is -2.47. The predicted molar refractivity (Wildman–Crippen MR) is 134 cm³/mol. The third-order valence-electron chi connectivity index (χ3n) is 7.21. The molecule has 2 aliphatic heterocycles. The van der Waals surface area contributed by atoms with Crippen LogP contribution in [0.4, 0.5) is 0 Å². The van der Waals surface area contributed by atoms with Crippen molar-refractivity contribution in [2.75, 3.05) is 26.2 Å². The van der Waals surface area contributed by atoms with E-state index in [-0.39, 0.29) is 29.8 Å². The second-order valence-electron chi connectivity index (χ2n) is 9.60. The molecule has 0 spiro atoms. The molecule has 180 valence electrons. The third-order valence-corrected chi connectivity index (χ3v) is 7.21. The van der Waals surface area contributed by atoms with Crippen molar-refractivity contribution in [3.63, 3.8) is 0 Å². The third kappa shape index (κ3) is 4.93. The number of carbonyl (C=O) groups excluding carboxylic acids is 2. The fraction of sp³-hybridized carbons (Fsp3) is 0.429. The number of phenolic OH excluding ortho intramolecular Hbond substituents is 1. The molecule has 1 N–H and O–H groups in total. The topological polar surface area (TPSA) is 64.1 Å². The molecule has 2 aromatic carbocycles. The van der Waals surface area contributed by atoms with E-state index in [1.807, 2.05) is 42.5 Å². The number of aldehydes is 1. The van der Waals surface area contributed by atoms with Gasteiger partial charge in [-0.1, -0.05) is 30.3 Å². The fourth-order valence-corrected chi connectivity index (χ4v) is 5.47. The van der Waals surface area contributed by atoms with Crippen LogP contribution in [0.15, 0.2) is 61.2 Å². The first-order valence-corrected chi connectivity index (χ1v) is 12.2. The van der Waals surface area contributed by atoms with E-state index in [2.05, 4.69) is 36.3 Å². The van der Waals surface area contributed by atoms with Crippen molar-refractivity contribution in [3.8, 4) is 5.75 Å². The summed E-state index contributed by atoms with van der Waals surface area (Å²) < 4.78 is 0. The Morgan fingerprint density at radius 3 is 2.56 bits per heavy atom. The van der Waals surface area contributed by atoms with Crippen molar-refractivity contribution in [3.05, 3.63) is 77.9 Å². The molecule has 0 unspecified atom stereocenters. The summed E-state index contributed by atoms with van der Waals surface area (Å²) in [5, 5.41) is 10.2. The first-order chi connectivity index (χ1) is 16.4. The maximum atomic E-state index is 13.3. The monoisotopic (exact) mass is 461 g/mol. The molecule has 2 heterocycles. The molecule has 4 rings (SSSR count). The lowest BCUT2D eigenvalue weighted by molar-refractivity contribution is -0.111. The van der Waals surface area contributed by atoms with Crippen LogP contribution in [-0.2, 0) is 4.79 Å². The number of hydrogen-bond donors (Lipinski definition) is 1. The minimum atomic E-state index is -0.336. The van der Waals surface area contributed by atoms with Gasteiger partial charge in [-0.3, -0.25) is 14.6 Å². The van der Waals surface area contributed by atoms with Crippen LogP contribution in [0, 0.1) is 0 Å². The highest BCUT2D eigenvalue weighted by Gasteiger charge is 2.35. The number of phenols is 1. The van der Waals surface area contributed by atoms with E-state index >= 15 is 0 Å². The number of carbonyl (C=O) groups is 2. The van der Waals surface area contributed by atoms with E-state index in [1.165, 1.54) is 0 Å². The second-order valence-corrected chi connectivity index (χ2v) is 9.60. The van der Waals surface area contributed by atoms with Gasteiger partial charge in [0.25, 0.3) is 5.91 Å². The molecule has 0 radical (unpaired) electrons. The standard InChI is InChI=1S/C28H35N3O3/c1-4-13-29-17-21(3)31(18-20(29)2)27(23-9-6-12-26(33)16-23)22-8-5-10-24(15-22)28(34)30-14-7-11-25(30)19-32/h4-6,8-10,12,15-16,19-21,25,27,33H,1,7,11,13-14,17-18H2,2-3H3/t20-,21+,25+,27-/m1/s1. The van der Waals surface area contributed by atoms with Crippen LogP contribution < -0.4 is 0 Å². The molecular weight excluding hydrogens is 426 g/mol. The average Bonchev–Trinajstić information content (AvgIpc) is 3.31. The van der Waals surface area contributed by atoms with Gasteiger partial charge in [0.1, 0.15) is 12.0 Å². The van der Waals surface area contributed by atoms with E-state index < -0.39 is 0 Å². The summed E-state index contributed by atoms with van der Waals surface area (Å²) in [5.41, 5.74) is 2.60. The minimum absolute atomic E-state index is 0.0941. The molecular formula is C28H35N3O3. The van der Waals surface area contributed by atoms with E-state index in [0.29, 0.717) is 18.2 Å². The van der Waals surface area contributed by atoms with Gasteiger partial charge in [0.15, 0.2) is 0 Å². The van der Waals surface area contributed by atoms with Crippen molar-refractivity contribution in [2.45, 2.75) is 50.9 Å². The Labute approximate surface area is 202 Å². The van der Waals surface area contributed by atoms with E-state index in [1.54, 1.807) is 11.0 Å². The molecule has 2 aromatic rings. The number of nitrogens with zero attached hydrogens (tertiary/aromatic N) is 3. The molecule has 34 heavy (non-hydrogen) atoms. The van der Waals surface area contributed by atoms with Crippen LogP contribution in [0.2, 0.25) is 0 Å². The van der Waals surface area contributed by atoms with E-state index in [0.717, 1.165) is 49.9 Å². The Kier molecular flexibility index (Phi) is 7.49. The smallest absolute Gasteiger partial charge is 0.254 e. The first-order valence-electron chi connectivity index (χ1n) is 12.2. The Balaban J connectivity index is 1.71. The summed E-state index contributed by atoms with van der Waals surface area (Å²) in [6, 6.07) is 15.3. The number of amides is 1. The number of rotatable bonds is 7. The maximum Gasteiger partial charge on any atom is 0.254 e. The van der Waals surface area contributed by atoms with Crippen molar-refractivity contribution in [1.29, 1.82) is 0 Å². The van der Waals surface area contributed by atoms with Gasteiger partial charge >= 0.3 is 0 Å². The summed E-state index contributed by atoms with van der Waals surface area (Å²) >= 11 is 0. The van der Waals surface area contributed by atoms with Crippen LogP contribution in [0.25, 0.3) is 0 Å². The van der Waals surface area contributed by atoms with E-state index in [4.69, 9.17) is 0 Å². The normalized spacial score (nSPS) is 24.6. The molecule has 4 atom stereocenters. The van der Waals surface area contributed by atoms with Crippen LogP contribution in [-0.4, -0.2) is 76.3 Å². The summed E-state index contributed by atoms with van der Waals surface area (Å²) in [6.45, 7) is 11.6. The highest BCUT2D eigenvalue weighted by Crippen LogP contribution is 2.35. The molecule has 0 aromatic heterocycles. The molecule has 2 saturated heterocycles. The molecule has 2 aliphatic rings. The SMILES string of the molecule is C=CCN1C[C@H](C)N([C@@H](c2cccc(O)c2)c2cccc(C(=O)N3CCC[C@H]3C=O)c2)C[C@H]1C. The molecule has 2 fully saturated rings. The molecule has 0 saturated carbocycles. The number of piperazine rings is 1. The summed E-state index contributed by atoms with van der Waals surface area (Å²) in [5.74, 6) is 0.134. The molecule has 0 bridgehead atoms. The quantitative estimate of drug-likeness (QED) is 0.501. The van der Waals surface area contributed by atoms with Gasteiger partial charge < -0.3 is 14.8 Å². The van der Waals surface area contributed by atoms with Gasteiger partial charge in [0.05, 0.1) is 12.1 Å². The van der Waals surface area contributed by atoms with Crippen LogP contribution in [0.5, 0.6) is 5.75 Å². The zero-order valence-corrected chi connectivity index (χ0v) is 20.1. The highest BCUT2D eigenvalue weighted by atomic mass is 16.3. The highest BCUT2D eigenvalue weighted by molar-refractivity contribution is 5.96. The number of likely N-dealkylation sites (tertiary alicyclic amines) is 1. The zero-order chi connectivity index (χ0) is 24.2. The average molecular weight is 462 g/mol. The first kappa shape index (κ1) is 24.2. The largest absolute Gasteiger partial charge is 0.508 e. The Bertz CT molecular complexity index is 1040. The predicted octanol–water partition coefficient (Wildman–Crippen LogP) is 3.87. The van der Waals surface area contributed by atoms with Crippen LogP contribution in [0.1, 0.15) is 54.2 Å². The molecule has 6 heteroatoms. The summed E-state index contributed by atoms with van der Waals surface area (Å²) in [7, 11) is 0. The van der Waals surface area contributed by atoms with Gasteiger partial charge in [-0.25, -0.2) is 0 Å². The molecule has 0 aliphatic carbocycles. The Morgan fingerprint density at radius 1 is 1.12 bits per heavy atom. The Morgan fingerprint density at radius 2 is 1.85 bits per heavy atom. The van der Waals surface area contributed by atoms with Gasteiger partial charge in [0.2, 0.25) is 0 Å². The van der Waals surface area contributed by atoms with Crippen molar-refractivity contribution in [2.24, 2.45) is 0 Å². The number of hydrogen-bond acceptors (Lipinski definition) is 5. The fourth-order valence-electron chi connectivity index (χ4n) is 5.47. The second kappa shape index (κ2) is 10.5. The van der Waals surface area contributed by atoms with Crippen molar-refractivity contribution in [1.82, 2.24) is 14.7 Å². The van der Waals surface area contributed by atoms with E-state index in [9.17, 15) is 14.7 Å². The summed E-state index contributed by atoms with van der Waals surface area (Å²) in [6.07, 6.45) is 4.41.